The number of anilines is 6. The summed E-state index contributed by atoms with van der Waals surface area (Å²) in [6.07, 6.45) is 11.1. The Balaban J connectivity index is 0.758. The molecule has 0 aromatic heterocycles. The Labute approximate surface area is 633 Å². The van der Waals surface area contributed by atoms with Crippen LogP contribution in [0.1, 0.15) is 255 Å². The number of hydrogen-bond donors (Lipinski definition) is 4. The summed E-state index contributed by atoms with van der Waals surface area (Å²) in [6, 6.07) is 74.6. The number of nitrogens with zero attached hydrogens (tertiary/aromatic N) is 2. The van der Waals surface area contributed by atoms with Gasteiger partial charge in [-0.15, -0.1) is 0 Å². The molecule has 106 heavy (non-hydrogen) atoms. The lowest BCUT2D eigenvalue weighted by Gasteiger charge is -2.47. The number of rotatable bonds is 20. The second-order valence-corrected chi connectivity index (χ2v) is 35.5. The molecule has 0 aliphatic heterocycles. The smallest absolute Gasteiger partial charge is 0.121 e. The van der Waals surface area contributed by atoms with Gasteiger partial charge in [0, 0.05) is 69.2 Å². The van der Waals surface area contributed by atoms with Gasteiger partial charge in [-0.05, 0) is 270 Å². The van der Waals surface area contributed by atoms with Crippen LogP contribution in [-0.2, 0) is 43.3 Å². The molecule has 10 aromatic rings. The highest BCUT2D eigenvalue weighted by atomic mass is 16.3. The first-order valence-corrected chi connectivity index (χ1v) is 40.3. The first kappa shape index (κ1) is 72.9. The van der Waals surface area contributed by atoms with E-state index in [9.17, 15) is 20.4 Å². The Morgan fingerprint density at radius 3 is 0.792 bits per heavy atom. The van der Waals surface area contributed by atoms with E-state index in [0.29, 0.717) is 11.1 Å². The maximum Gasteiger partial charge on any atom is 0.121 e. The molecule has 6 nitrogen and oxygen atoms in total. The van der Waals surface area contributed by atoms with Crippen molar-refractivity contribution in [2.75, 3.05) is 9.80 Å². The van der Waals surface area contributed by atoms with Gasteiger partial charge in [0.15, 0.2) is 0 Å². The van der Waals surface area contributed by atoms with Crippen molar-refractivity contribution in [3.8, 4) is 56.0 Å². The third-order valence-electron chi connectivity index (χ3n) is 28.3. The van der Waals surface area contributed by atoms with Crippen molar-refractivity contribution in [1.29, 1.82) is 0 Å². The van der Waals surface area contributed by atoms with E-state index in [0.717, 1.165) is 111 Å². The first-order valence-electron chi connectivity index (χ1n) is 40.3. The van der Waals surface area contributed by atoms with Crippen molar-refractivity contribution in [3.63, 3.8) is 0 Å². The van der Waals surface area contributed by atoms with Gasteiger partial charge in [-0.2, -0.15) is 0 Å². The second kappa shape index (κ2) is 26.6. The van der Waals surface area contributed by atoms with E-state index in [2.05, 4.69) is 290 Å². The van der Waals surface area contributed by atoms with E-state index in [4.69, 9.17) is 0 Å². The van der Waals surface area contributed by atoms with Crippen LogP contribution in [-0.4, -0.2) is 32.6 Å². The van der Waals surface area contributed by atoms with Crippen LogP contribution in [0, 0.1) is 0 Å². The molecule has 5 aliphatic rings. The molecule has 6 heteroatoms. The van der Waals surface area contributed by atoms with Crippen LogP contribution in [0.15, 0.2) is 206 Å². The van der Waals surface area contributed by atoms with Crippen LogP contribution in [0.3, 0.4) is 0 Å². The number of aromatic hydroxyl groups is 2. The largest absolute Gasteiger partial charge is 0.508 e. The lowest BCUT2D eigenvalue weighted by atomic mass is 9.63. The predicted octanol–water partition coefficient (Wildman–Crippen LogP) is 26.3. The van der Waals surface area contributed by atoms with Gasteiger partial charge >= 0.3 is 0 Å². The molecule has 0 bridgehead atoms. The van der Waals surface area contributed by atoms with Gasteiger partial charge in [-0.1, -0.05) is 244 Å². The highest BCUT2D eigenvalue weighted by Crippen LogP contribution is 2.62. The van der Waals surface area contributed by atoms with Crippen molar-refractivity contribution < 1.29 is 20.4 Å². The molecule has 548 valence electrons. The van der Waals surface area contributed by atoms with Gasteiger partial charge in [0.05, 0.1) is 12.2 Å². The van der Waals surface area contributed by atoms with Crippen LogP contribution >= 0.6 is 0 Å². The van der Waals surface area contributed by atoms with Gasteiger partial charge in [-0.25, -0.2) is 0 Å². The molecule has 2 atom stereocenters. The average Bonchev–Trinajstić information content (AvgIpc) is 1.53. The Morgan fingerprint density at radius 1 is 0.283 bits per heavy atom. The van der Waals surface area contributed by atoms with Crippen molar-refractivity contribution >= 4 is 34.1 Å². The number of aliphatic hydroxyl groups is 2. The number of aliphatic hydroxyl groups excluding tert-OH is 2. The fraction of sp³-hybridized carbons (Fsp3) is 0.400. The van der Waals surface area contributed by atoms with Crippen molar-refractivity contribution in [2.45, 2.75) is 255 Å². The van der Waals surface area contributed by atoms with E-state index in [1.54, 1.807) is 12.1 Å². The first-order chi connectivity index (χ1) is 50.7. The number of hydrogen-bond acceptors (Lipinski definition) is 6. The fourth-order valence-electron chi connectivity index (χ4n) is 22.8. The maximum atomic E-state index is 12.4. The SMILES string of the molecule is CCC1(CC)CC(C)(C)c2c(-c3ccc(N(c4ccc(-c5cccc6c5C(C)(C)CC6(CC)CC)cc4)c4ccc(C5C(O)C(c6ccc(N(c7ccc(-c8cccc9c8C(C)(C)CC9(CC)CC)cc7)c7ccc(-c8cccc9c8C(CC)(CC)CC9(C)C)cc7)cc6O)C5O)c(O)c4)cc3)cccc21. The third-order valence-corrected chi connectivity index (χ3v) is 28.3. The molecular formula is C100H114N2O4. The molecule has 15 rings (SSSR count). The summed E-state index contributed by atoms with van der Waals surface area (Å²) in [4.78, 5) is 4.40. The standard InChI is InChI=1S/C100H114N2O4/c1-17-97(18-2)60-94(11,12)87-73(29-26-34-80(87)97)63-37-45-67(46-38-63)101(68-47-39-64(40-48-68)74-30-27-35-81-88(74)95(13,14)61-98(81,19-3)20-4)71-53-55-77(83(103)57-71)85-91(105)86(92(85)106)78-56-54-72(58-84(78)104)102(69-49-41-65(42-50-69)75-31-28-36-82-89(75)96(15,16)62-99(82,21-5)22-6)70-51-43-66(44-52-70)76-32-25-33-79-90(76)100(23-7,24-8)59-93(79,9)10/h25-58,85-86,91-92,103-106H,17-24,59-62H2,1-16H3. The lowest BCUT2D eigenvalue weighted by Crippen LogP contribution is -2.51. The van der Waals surface area contributed by atoms with E-state index >= 15 is 0 Å². The molecule has 10 aromatic carbocycles. The fourth-order valence-corrected chi connectivity index (χ4v) is 22.8. The van der Waals surface area contributed by atoms with E-state index in [1.165, 1.54) is 89.0 Å². The second-order valence-electron chi connectivity index (χ2n) is 35.5. The summed E-state index contributed by atoms with van der Waals surface area (Å²) in [5, 5.41) is 49.7. The molecule has 1 saturated carbocycles. The van der Waals surface area contributed by atoms with Crippen molar-refractivity contribution in [1.82, 2.24) is 0 Å². The molecule has 0 saturated heterocycles. The number of phenolic OH excluding ortho intramolecular Hbond substituents is 2. The molecule has 0 spiro atoms. The minimum Gasteiger partial charge on any atom is -0.508 e. The van der Waals surface area contributed by atoms with Gasteiger partial charge in [0.1, 0.15) is 11.5 Å². The molecule has 1 fully saturated rings. The maximum absolute atomic E-state index is 12.4. The van der Waals surface area contributed by atoms with Gasteiger partial charge in [0.2, 0.25) is 0 Å². The van der Waals surface area contributed by atoms with Crippen molar-refractivity contribution in [3.05, 3.63) is 262 Å². The van der Waals surface area contributed by atoms with Crippen LogP contribution in [0.2, 0.25) is 0 Å². The quantitative estimate of drug-likeness (QED) is 0.0608. The van der Waals surface area contributed by atoms with Crippen molar-refractivity contribution in [2.24, 2.45) is 0 Å². The van der Waals surface area contributed by atoms with Gasteiger partial charge < -0.3 is 30.2 Å². The van der Waals surface area contributed by atoms with Crippen LogP contribution in [0.4, 0.5) is 34.1 Å². The van der Waals surface area contributed by atoms with E-state index in [1.807, 2.05) is 24.3 Å². The van der Waals surface area contributed by atoms with E-state index in [-0.39, 0.29) is 54.8 Å². The van der Waals surface area contributed by atoms with Gasteiger partial charge in [0.25, 0.3) is 0 Å². The third kappa shape index (κ3) is 11.4. The molecule has 0 radical (unpaired) electrons. The zero-order valence-electron chi connectivity index (χ0n) is 66.1. The Bertz CT molecular complexity index is 4820. The van der Waals surface area contributed by atoms with Crippen LogP contribution < -0.4 is 9.80 Å². The summed E-state index contributed by atoms with van der Waals surface area (Å²) in [5.74, 6) is -1.69. The molecule has 5 aliphatic carbocycles. The Hall–Kier alpha value is -8.68. The number of benzene rings is 10. The minimum atomic E-state index is -1.11. The van der Waals surface area contributed by atoms with Crippen LogP contribution in [0.25, 0.3) is 44.5 Å². The molecule has 2 unspecified atom stereocenters. The summed E-state index contributed by atoms with van der Waals surface area (Å²) in [6.45, 7) is 38.1. The molecule has 0 heterocycles. The topological polar surface area (TPSA) is 87.4 Å². The monoisotopic (exact) mass is 1410 g/mol. The normalized spacial score (nSPS) is 21.0. The summed E-state index contributed by atoms with van der Waals surface area (Å²) < 4.78 is 0. The summed E-state index contributed by atoms with van der Waals surface area (Å²) in [5.41, 5.74) is 28.4. The number of phenols is 2. The zero-order chi connectivity index (χ0) is 75.0. The minimum absolute atomic E-state index is 0.0159. The Kier molecular flexibility index (Phi) is 18.3. The average molecular weight is 1410 g/mol. The highest BCUT2D eigenvalue weighted by molar-refractivity contribution is 5.85. The van der Waals surface area contributed by atoms with E-state index < -0.39 is 24.0 Å². The predicted molar refractivity (Wildman–Crippen MR) is 444 cm³/mol. The summed E-state index contributed by atoms with van der Waals surface area (Å²) in [7, 11) is 0. The highest BCUT2D eigenvalue weighted by Gasteiger charge is 2.54. The zero-order valence-corrected chi connectivity index (χ0v) is 66.1. The van der Waals surface area contributed by atoms with Gasteiger partial charge in [-0.3, -0.25) is 0 Å². The molecular weight excluding hydrogens is 1290 g/mol. The van der Waals surface area contributed by atoms with Crippen LogP contribution in [0.5, 0.6) is 11.5 Å². The molecule has 4 N–H and O–H groups in total. The lowest BCUT2D eigenvalue weighted by molar-refractivity contribution is -0.0797. The number of fused-ring (bicyclic) bond motifs is 4. The molecule has 0 amide bonds. The summed E-state index contributed by atoms with van der Waals surface area (Å²) >= 11 is 0. The Morgan fingerprint density at radius 2 is 0.528 bits per heavy atom.